The van der Waals surface area contributed by atoms with Gasteiger partial charge < -0.3 is 4.57 Å². The summed E-state index contributed by atoms with van der Waals surface area (Å²) < 4.78 is 2.18. The topological polar surface area (TPSA) is 53.6 Å². The second-order valence-electron chi connectivity index (χ2n) is 5.10. The van der Waals surface area contributed by atoms with Crippen molar-refractivity contribution in [3.8, 4) is 16.8 Å². The Labute approximate surface area is 130 Å². The van der Waals surface area contributed by atoms with E-state index in [1.165, 1.54) is 4.88 Å². The van der Waals surface area contributed by atoms with E-state index in [1.54, 1.807) is 11.3 Å². The molecule has 0 bridgehead atoms. The molecule has 1 unspecified atom stereocenters. The molecule has 112 valence electrons. The van der Waals surface area contributed by atoms with Gasteiger partial charge in [0.25, 0.3) is 0 Å². The van der Waals surface area contributed by atoms with E-state index in [0.29, 0.717) is 0 Å². The summed E-state index contributed by atoms with van der Waals surface area (Å²) >= 11 is 1.70. The molecule has 0 spiro atoms. The first kappa shape index (κ1) is 15.7. The Kier molecular flexibility index (Phi) is 5.54. The van der Waals surface area contributed by atoms with Crippen molar-refractivity contribution in [2.75, 3.05) is 6.54 Å². The second kappa shape index (κ2) is 7.39. The summed E-state index contributed by atoms with van der Waals surface area (Å²) in [6.45, 7) is 5.83. The van der Waals surface area contributed by atoms with E-state index < -0.39 is 5.54 Å². The number of aromatic nitrogens is 2. The van der Waals surface area contributed by atoms with Crippen LogP contribution in [0.1, 0.15) is 33.1 Å². The van der Waals surface area contributed by atoms with Gasteiger partial charge in [0.2, 0.25) is 0 Å². The van der Waals surface area contributed by atoms with Gasteiger partial charge in [0.15, 0.2) is 0 Å². The van der Waals surface area contributed by atoms with Crippen LogP contribution in [0.15, 0.2) is 29.9 Å². The number of nitrogens with zero attached hydrogens (tertiary/aromatic N) is 3. The van der Waals surface area contributed by atoms with Crippen LogP contribution in [0.2, 0.25) is 0 Å². The van der Waals surface area contributed by atoms with Gasteiger partial charge in [-0.05, 0) is 37.3 Å². The lowest BCUT2D eigenvalue weighted by atomic mass is 9.92. The molecule has 0 aliphatic rings. The van der Waals surface area contributed by atoms with Crippen molar-refractivity contribution >= 4 is 11.3 Å². The third-order valence-electron chi connectivity index (χ3n) is 3.79. The average Bonchev–Trinajstić information content (AvgIpc) is 3.17. The summed E-state index contributed by atoms with van der Waals surface area (Å²) in [4.78, 5) is 5.63. The number of hydrogen-bond acceptors (Lipinski definition) is 4. The van der Waals surface area contributed by atoms with Crippen molar-refractivity contribution in [3.05, 3.63) is 29.9 Å². The minimum atomic E-state index is -0.390. The fourth-order valence-corrected chi connectivity index (χ4v) is 3.31. The fraction of sp³-hybridized carbons (Fsp3) is 0.500. The highest BCUT2D eigenvalue weighted by Gasteiger charge is 2.25. The molecule has 0 radical (unpaired) electrons. The zero-order chi connectivity index (χ0) is 15.1. The SMILES string of the molecule is CCNC(C#N)(CC)CCCn1ccnc1-c1cccs1. The lowest BCUT2D eigenvalue weighted by Gasteiger charge is -2.26. The number of aryl methyl sites for hydroxylation is 1. The molecule has 5 heteroatoms. The fourth-order valence-electron chi connectivity index (χ4n) is 2.57. The summed E-state index contributed by atoms with van der Waals surface area (Å²) in [6.07, 6.45) is 6.51. The first-order chi connectivity index (χ1) is 10.2. The van der Waals surface area contributed by atoms with Gasteiger partial charge in [-0.1, -0.05) is 19.9 Å². The van der Waals surface area contributed by atoms with Crippen molar-refractivity contribution in [2.24, 2.45) is 0 Å². The van der Waals surface area contributed by atoms with Crippen molar-refractivity contribution in [2.45, 2.75) is 45.2 Å². The summed E-state index contributed by atoms with van der Waals surface area (Å²) in [5.74, 6) is 1.02. The standard InChI is InChI=1S/C16H22N4S/c1-3-16(13-17,19-4-2)8-6-10-20-11-9-18-15(20)14-7-5-12-21-14/h5,7,9,11-12,19H,3-4,6,8,10H2,1-2H3. The maximum atomic E-state index is 9.44. The predicted molar refractivity (Wildman–Crippen MR) is 87.1 cm³/mol. The van der Waals surface area contributed by atoms with Gasteiger partial charge in [0, 0.05) is 18.9 Å². The predicted octanol–water partition coefficient (Wildman–Crippen LogP) is 3.67. The van der Waals surface area contributed by atoms with Crippen LogP contribution < -0.4 is 5.32 Å². The molecule has 0 saturated heterocycles. The Hall–Kier alpha value is -1.64. The van der Waals surface area contributed by atoms with Gasteiger partial charge >= 0.3 is 0 Å². The first-order valence-corrected chi connectivity index (χ1v) is 8.34. The molecule has 4 nitrogen and oxygen atoms in total. The third kappa shape index (κ3) is 3.72. The Morgan fingerprint density at radius 3 is 2.95 bits per heavy atom. The van der Waals surface area contributed by atoms with Gasteiger partial charge in [0.05, 0.1) is 10.9 Å². The van der Waals surface area contributed by atoms with Crippen molar-refractivity contribution < 1.29 is 0 Å². The quantitative estimate of drug-likeness (QED) is 0.809. The molecule has 0 amide bonds. The minimum Gasteiger partial charge on any atom is -0.330 e. The van der Waals surface area contributed by atoms with Crippen LogP contribution >= 0.6 is 11.3 Å². The zero-order valence-electron chi connectivity index (χ0n) is 12.7. The van der Waals surface area contributed by atoms with Gasteiger partial charge in [-0.15, -0.1) is 11.3 Å². The van der Waals surface area contributed by atoms with E-state index in [1.807, 2.05) is 25.4 Å². The molecule has 0 aliphatic heterocycles. The van der Waals surface area contributed by atoms with E-state index >= 15 is 0 Å². The average molecular weight is 302 g/mol. The van der Waals surface area contributed by atoms with Crippen molar-refractivity contribution in [3.63, 3.8) is 0 Å². The second-order valence-corrected chi connectivity index (χ2v) is 6.05. The van der Waals surface area contributed by atoms with Gasteiger partial charge in [-0.2, -0.15) is 5.26 Å². The highest BCUT2D eigenvalue weighted by Crippen LogP contribution is 2.24. The number of thiophene rings is 1. The van der Waals surface area contributed by atoms with E-state index in [2.05, 4.69) is 39.3 Å². The number of rotatable bonds is 8. The van der Waals surface area contributed by atoms with E-state index in [4.69, 9.17) is 0 Å². The molecule has 0 aromatic carbocycles. The molecule has 1 atom stereocenters. The van der Waals surface area contributed by atoms with Gasteiger partial charge in [-0.3, -0.25) is 5.32 Å². The molecule has 2 heterocycles. The van der Waals surface area contributed by atoms with Crippen LogP contribution in [0.4, 0.5) is 0 Å². The smallest absolute Gasteiger partial charge is 0.149 e. The van der Waals surface area contributed by atoms with Crippen LogP contribution in [0.25, 0.3) is 10.7 Å². The van der Waals surface area contributed by atoms with Crippen LogP contribution in [0, 0.1) is 11.3 Å². The molecule has 21 heavy (non-hydrogen) atoms. The minimum absolute atomic E-state index is 0.390. The largest absolute Gasteiger partial charge is 0.330 e. The summed E-state index contributed by atoms with van der Waals surface area (Å²) in [5, 5.41) is 14.8. The van der Waals surface area contributed by atoms with Crippen LogP contribution in [-0.4, -0.2) is 21.6 Å². The molecule has 0 saturated carbocycles. The summed E-state index contributed by atoms with van der Waals surface area (Å²) in [5.41, 5.74) is -0.390. The van der Waals surface area contributed by atoms with E-state index in [0.717, 1.165) is 38.2 Å². The normalized spacial score (nSPS) is 13.8. The highest BCUT2D eigenvalue weighted by atomic mass is 32.1. The molecule has 2 rings (SSSR count). The summed E-state index contributed by atoms with van der Waals surface area (Å²) in [6, 6.07) is 6.59. The summed E-state index contributed by atoms with van der Waals surface area (Å²) in [7, 11) is 0. The van der Waals surface area contributed by atoms with Crippen LogP contribution in [0.3, 0.4) is 0 Å². The highest BCUT2D eigenvalue weighted by molar-refractivity contribution is 7.13. The van der Waals surface area contributed by atoms with Crippen LogP contribution in [-0.2, 0) is 6.54 Å². The molecule has 1 N–H and O–H groups in total. The molecular weight excluding hydrogens is 280 g/mol. The van der Waals surface area contributed by atoms with Gasteiger partial charge in [-0.25, -0.2) is 4.98 Å². The third-order valence-corrected chi connectivity index (χ3v) is 4.66. The Morgan fingerprint density at radius 2 is 2.33 bits per heavy atom. The van der Waals surface area contributed by atoms with E-state index in [-0.39, 0.29) is 0 Å². The molecular formula is C16H22N4S. The molecule has 0 fully saturated rings. The number of imidazole rings is 1. The van der Waals surface area contributed by atoms with E-state index in [9.17, 15) is 5.26 Å². The molecule has 2 aromatic heterocycles. The van der Waals surface area contributed by atoms with Crippen molar-refractivity contribution in [1.29, 1.82) is 5.26 Å². The number of nitriles is 1. The Bertz CT molecular complexity index is 582. The monoisotopic (exact) mass is 302 g/mol. The lowest BCUT2D eigenvalue weighted by molar-refractivity contribution is 0.363. The molecule has 2 aromatic rings. The van der Waals surface area contributed by atoms with Gasteiger partial charge in [0.1, 0.15) is 11.4 Å². The Balaban J connectivity index is 1.98. The maximum absolute atomic E-state index is 9.44. The van der Waals surface area contributed by atoms with Crippen LogP contribution in [0.5, 0.6) is 0 Å². The zero-order valence-corrected chi connectivity index (χ0v) is 13.5. The number of hydrogen-bond donors (Lipinski definition) is 1. The van der Waals surface area contributed by atoms with Crippen molar-refractivity contribution in [1.82, 2.24) is 14.9 Å². The number of nitrogens with one attached hydrogen (secondary N) is 1. The first-order valence-electron chi connectivity index (χ1n) is 7.46. The molecule has 0 aliphatic carbocycles. The maximum Gasteiger partial charge on any atom is 0.149 e. The lowest BCUT2D eigenvalue weighted by Crippen LogP contribution is -2.43. The Morgan fingerprint density at radius 1 is 1.48 bits per heavy atom.